The summed E-state index contributed by atoms with van der Waals surface area (Å²) >= 11 is 0. The van der Waals surface area contributed by atoms with Gasteiger partial charge in [0.1, 0.15) is 11.0 Å². The van der Waals surface area contributed by atoms with E-state index in [1.165, 1.54) is 0 Å². The molecule has 0 aliphatic heterocycles. The summed E-state index contributed by atoms with van der Waals surface area (Å²) in [7, 11) is 0. The quantitative estimate of drug-likeness (QED) is 0.183. The molecule has 3 heterocycles. The second kappa shape index (κ2) is 11.6. The number of rotatable bonds is 6. The van der Waals surface area contributed by atoms with E-state index in [9.17, 15) is 0 Å². The van der Waals surface area contributed by atoms with Crippen LogP contribution in [-0.2, 0) is 0 Å². The van der Waals surface area contributed by atoms with Gasteiger partial charge in [-0.1, -0.05) is 103 Å². The third-order valence-corrected chi connectivity index (χ3v) is 8.17. The maximum Gasteiger partial charge on any atom is 0.227 e. The van der Waals surface area contributed by atoms with E-state index < -0.39 is 0 Å². The predicted molar refractivity (Wildman–Crippen MR) is 188 cm³/mol. The number of hydrogen-bond acceptors (Lipinski definition) is 7. The molecule has 0 N–H and O–H groups in total. The number of para-hydroxylation sites is 4. The van der Waals surface area contributed by atoms with Crippen LogP contribution in [0, 0.1) is 0 Å². The lowest BCUT2D eigenvalue weighted by Gasteiger charge is -2.11. The summed E-state index contributed by atoms with van der Waals surface area (Å²) in [6.45, 7) is 0. The van der Waals surface area contributed by atoms with Crippen molar-refractivity contribution in [1.82, 2.24) is 24.9 Å². The van der Waals surface area contributed by atoms with Crippen molar-refractivity contribution < 1.29 is 8.83 Å². The number of hydrogen-bond donors (Lipinski definition) is 0. The van der Waals surface area contributed by atoms with Gasteiger partial charge in [-0.2, -0.15) is 0 Å². The van der Waals surface area contributed by atoms with Gasteiger partial charge in [0.25, 0.3) is 0 Å². The predicted octanol–water partition coefficient (Wildman–Crippen LogP) is 10.2. The number of aromatic nitrogens is 5. The standard InChI is InChI=1S/C41H25N5O2/c1-3-12-26(13-4-1)28-16-11-17-29(22-28)38-44-37(27-14-5-2-6-15-27)45-39(46-38)30-23-31(40-42-33-18-7-9-20-35(33)47-40)25-32(24-30)41-43-34-19-8-10-21-36(34)48-41/h1-25H. The maximum atomic E-state index is 6.22. The first-order chi connectivity index (χ1) is 23.7. The third-order valence-electron chi connectivity index (χ3n) is 8.17. The Kier molecular flexibility index (Phi) is 6.64. The lowest BCUT2D eigenvalue weighted by atomic mass is 10.0. The molecule has 0 fully saturated rings. The molecule has 0 spiro atoms. The summed E-state index contributed by atoms with van der Waals surface area (Å²) in [6, 6.07) is 49.9. The molecule has 0 radical (unpaired) electrons. The van der Waals surface area contributed by atoms with Gasteiger partial charge in [-0.25, -0.2) is 24.9 Å². The summed E-state index contributed by atoms with van der Waals surface area (Å²) in [5, 5.41) is 0. The Morgan fingerprint density at radius 1 is 0.292 bits per heavy atom. The van der Waals surface area contributed by atoms with Gasteiger partial charge in [-0.3, -0.25) is 0 Å². The fourth-order valence-corrected chi connectivity index (χ4v) is 5.81. The molecule has 0 aliphatic carbocycles. The van der Waals surface area contributed by atoms with Crippen molar-refractivity contribution in [1.29, 1.82) is 0 Å². The van der Waals surface area contributed by atoms with Crippen molar-refractivity contribution in [3.63, 3.8) is 0 Å². The van der Waals surface area contributed by atoms with Crippen molar-refractivity contribution in [2.75, 3.05) is 0 Å². The molecule has 6 aromatic carbocycles. The molecule has 48 heavy (non-hydrogen) atoms. The Morgan fingerprint density at radius 3 is 1.29 bits per heavy atom. The van der Waals surface area contributed by atoms with Crippen molar-refractivity contribution in [2.45, 2.75) is 0 Å². The zero-order valence-electron chi connectivity index (χ0n) is 25.5. The second-order valence-electron chi connectivity index (χ2n) is 11.4. The van der Waals surface area contributed by atoms with Crippen molar-refractivity contribution in [3.8, 4) is 68.2 Å². The molecule has 0 unspecified atom stereocenters. The van der Waals surface area contributed by atoms with Crippen molar-refractivity contribution in [3.05, 3.63) is 152 Å². The summed E-state index contributed by atoms with van der Waals surface area (Å²) < 4.78 is 12.4. The second-order valence-corrected chi connectivity index (χ2v) is 11.4. The normalized spacial score (nSPS) is 11.3. The summed E-state index contributed by atoms with van der Waals surface area (Å²) in [5.41, 5.74) is 9.14. The van der Waals surface area contributed by atoms with Crippen molar-refractivity contribution >= 4 is 22.2 Å². The molecule has 9 aromatic rings. The molecule has 3 aromatic heterocycles. The summed E-state index contributed by atoms with van der Waals surface area (Å²) in [4.78, 5) is 24.6. The minimum Gasteiger partial charge on any atom is -0.436 e. The Morgan fingerprint density at radius 2 is 0.708 bits per heavy atom. The maximum absolute atomic E-state index is 6.22. The van der Waals surface area contributed by atoms with E-state index in [1.54, 1.807) is 0 Å². The SMILES string of the molecule is c1ccc(-c2cccc(-c3nc(-c4ccccc4)nc(-c4cc(-c5nc6ccccc6o5)cc(-c5nc6ccccc6o5)c4)n3)c2)cc1. The molecular formula is C41H25N5O2. The monoisotopic (exact) mass is 619 g/mol. The molecule has 0 amide bonds. The van der Waals surface area contributed by atoms with Gasteiger partial charge >= 0.3 is 0 Å². The molecular weight excluding hydrogens is 594 g/mol. The molecule has 0 atom stereocenters. The fourth-order valence-electron chi connectivity index (χ4n) is 5.81. The van der Waals surface area contributed by atoms with Gasteiger partial charge in [0.2, 0.25) is 11.8 Å². The Bertz CT molecular complexity index is 2420. The molecule has 226 valence electrons. The minimum atomic E-state index is 0.475. The van der Waals surface area contributed by atoms with E-state index in [2.05, 4.69) is 24.3 Å². The first kappa shape index (κ1) is 27.6. The Hall–Kier alpha value is -6.73. The highest BCUT2D eigenvalue weighted by Crippen LogP contribution is 2.35. The molecule has 0 saturated heterocycles. The average molecular weight is 620 g/mol. The van der Waals surface area contributed by atoms with Crippen LogP contribution < -0.4 is 0 Å². The smallest absolute Gasteiger partial charge is 0.227 e. The van der Waals surface area contributed by atoms with Crippen molar-refractivity contribution in [2.24, 2.45) is 0 Å². The Labute approximate surface area is 275 Å². The van der Waals surface area contributed by atoms with Gasteiger partial charge < -0.3 is 8.83 Å². The number of oxazole rings is 2. The van der Waals surface area contributed by atoms with Crippen LogP contribution in [0.2, 0.25) is 0 Å². The number of benzene rings is 6. The molecule has 7 heteroatoms. The third kappa shape index (κ3) is 5.19. The highest BCUT2D eigenvalue weighted by Gasteiger charge is 2.19. The average Bonchev–Trinajstić information content (AvgIpc) is 3.81. The van der Waals surface area contributed by atoms with E-state index in [0.717, 1.165) is 50.0 Å². The van der Waals surface area contributed by atoms with Crippen LogP contribution in [0.3, 0.4) is 0 Å². The van der Waals surface area contributed by atoms with Crippen LogP contribution in [0.15, 0.2) is 160 Å². The van der Waals surface area contributed by atoms with E-state index in [4.69, 9.17) is 33.8 Å². The fraction of sp³-hybridized carbons (Fsp3) is 0. The van der Waals surface area contributed by atoms with Crippen LogP contribution in [0.4, 0.5) is 0 Å². The van der Waals surface area contributed by atoms with Gasteiger partial charge in [0.05, 0.1) is 0 Å². The van der Waals surface area contributed by atoms with Crippen LogP contribution in [0.5, 0.6) is 0 Å². The van der Waals surface area contributed by atoms with Gasteiger partial charge in [-0.05, 0) is 59.7 Å². The van der Waals surface area contributed by atoms with Gasteiger partial charge in [-0.15, -0.1) is 0 Å². The minimum absolute atomic E-state index is 0.475. The first-order valence-corrected chi connectivity index (χ1v) is 15.6. The first-order valence-electron chi connectivity index (χ1n) is 15.6. The number of fused-ring (bicyclic) bond motifs is 2. The lowest BCUT2D eigenvalue weighted by Crippen LogP contribution is -2.00. The lowest BCUT2D eigenvalue weighted by molar-refractivity contribution is 0.617. The van der Waals surface area contributed by atoms with Gasteiger partial charge in [0.15, 0.2) is 28.6 Å². The molecule has 7 nitrogen and oxygen atoms in total. The van der Waals surface area contributed by atoms with E-state index >= 15 is 0 Å². The number of nitrogens with zero attached hydrogens (tertiary/aromatic N) is 5. The van der Waals surface area contributed by atoms with Crippen LogP contribution in [0.1, 0.15) is 0 Å². The Balaban J connectivity index is 1.25. The summed E-state index contributed by atoms with van der Waals surface area (Å²) in [6.07, 6.45) is 0. The molecule has 0 saturated carbocycles. The highest BCUT2D eigenvalue weighted by atomic mass is 16.4. The molecule has 9 rings (SSSR count). The van der Waals surface area contributed by atoms with Crippen LogP contribution >= 0.6 is 0 Å². The zero-order valence-corrected chi connectivity index (χ0v) is 25.5. The van der Waals surface area contributed by atoms with E-state index in [-0.39, 0.29) is 0 Å². The summed E-state index contributed by atoms with van der Waals surface area (Å²) in [5.74, 6) is 2.58. The molecule has 0 aliphatic rings. The highest BCUT2D eigenvalue weighted by molar-refractivity contribution is 5.82. The largest absolute Gasteiger partial charge is 0.436 e. The van der Waals surface area contributed by atoms with Gasteiger partial charge in [0, 0.05) is 27.8 Å². The van der Waals surface area contributed by atoms with E-state index in [0.29, 0.717) is 40.4 Å². The van der Waals surface area contributed by atoms with Crippen LogP contribution in [-0.4, -0.2) is 24.9 Å². The topological polar surface area (TPSA) is 90.7 Å². The van der Waals surface area contributed by atoms with E-state index in [1.807, 2.05) is 127 Å². The van der Waals surface area contributed by atoms with Crippen LogP contribution in [0.25, 0.3) is 90.4 Å². The zero-order chi connectivity index (χ0) is 31.9. The molecule has 0 bridgehead atoms.